The Morgan fingerprint density at radius 3 is 3.09 bits per heavy atom. The Bertz CT molecular complexity index is 254. The van der Waals surface area contributed by atoms with Gasteiger partial charge in [-0.3, -0.25) is 0 Å². The van der Waals surface area contributed by atoms with E-state index in [0.29, 0.717) is 22.9 Å². The highest BCUT2D eigenvalue weighted by molar-refractivity contribution is 9.10. The number of nitrogens with two attached hydrogens (primary N) is 1. The van der Waals surface area contributed by atoms with Crippen LogP contribution in [0.5, 0.6) is 5.88 Å². The fourth-order valence-corrected chi connectivity index (χ4v) is 0.904. The number of nitrogen functional groups attached to an aromatic ring is 1. The molecule has 4 nitrogen and oxygen atoms in total. The minimum atomic E-state index is 0.358. The van der Waals surface area contributed by atoms with Crippen LogP contribution in [0.15, 0.2) is 10.8 Å². The summed E-state index contributed by atoms with van der Waals surface area (Å²) in [4.78, 5) is 7.81. The van der Waals surface area contributed by atoms with Crippen molar-refractivity contribution in [2.24, 2.45) is 0 Å². The van der Waals surface area contributed by atoms with Gasteiger partial charge in [0.05, 0.1) is 12.8 Å². The molecule has 0 saturated carbocycles. The first-order chi connectivity index (χ1) is 5.24. The molecular weight excluding hydrogens is 210 g/mol. The first-order valence-corrected chi connectivity index (χ1v) is 3.94. The summed E-state index contributed by atoms with van der Waals surface area (Å²) in [7, 11) is 0. The summed E-state index contributed by atoms with van der Waals surface area (Å²) >= 11 is 3.18. The quantitative estimate of drug-likeness (QED) is 0.810. The molecule has 2 N–H and O–H groups in total. The third-order valence-electron chi connectivity index (χ3n) is 0.998. The second kappa shape index (κ2) is 3.52. The molecule has 0 aromatic carbocycles. The van der Waals surface area contributed by atoms with Gasteiger partial charge in [0.1, 0.15) is 5.82 Å². The molecule has 0 bridgehead atoms. The lowest BCUT2D eigenvalue weighted by Gasteiger charge is -2.02. The molecule has 1 aromatic rings. The van der Waals surface area contributed by atoms with Gasteiger partial charge >= 0.3 is 0 Å². The maximum atomic E-state index is 5.38. The van der Waals surface area contributed by atoms with Gasteiger partial charge in [-0.25, -0.2) is 4.98 Å². The Hall–Kier alpha value is -0.840. The van der Waals surface area contributed by atoms with Crippen LogP contribution in [0.2, 0.25) is 0 Å². The summed E-state index contributed by atoms with van der Waals surface area (Å²) in [5.74, 6) is 0.796. The van der Waals surface area contributed by atoms with E-state index in [4.69, 9.17) is 10.5 Å². The summed E-state index contributed by atoms with van der Waals surface area (Å²) in [6, 6.07) is 0. The number of aromatic nitrogens is 2. The van der Waals surface area contributed by atoms with Crippen LogP contribution in [-0.4, -0.2) is 16.6 Å². The van der Waals surface area contributed by atoms with Crippen molar-refractivity contribution in [2.75, 3.05) is 12.3 Å². The van der Waals surface area contributed by atoms with Gasteiger partial charge in [0.15, 0.2) is 4.60 Å². The molecule has 1 rings (SSSR count). The van der Waals surface area contributed by atoms with E-state index >= 15 is 0 Å². The summed E-state index contributed by atoms with van der Waals surface area (Å²) in [6.45, 7) is 2.42. The molecule has 0 saturated heterocycles. The largest absolute Gasteiger partial charge is 0.476 e. The first kappa shape index (κ1) is 8.26. The van der Waals surface area contributed by atoms with Crippen molar-refractivity contribution in [2.45, 2.75) is 6.92 Å². The van der Waals surface area contributed by atoms with E-state index in [1.165, 1.54) is 6.20 Å². The Morgan fingerprint density at radius 2 is 2.45 bits per heavy atom. The predicted octanol–water partition coefficient (Wildman–Crippen LogP) is 1.22. The topological polar surface area (TPSA) is 61.0 Å². The summed E-state index contributed by atoms with van der Waals surface area (Å²) in [5, 5.41) is 0. The number of rotatable bonds is 2. The van der Waals surface area contributed by atoms with Crippen LogP contribution in [0, 0.1) is 0 Å². The fraction of sp³-hybridized carbons (Fsp3) is 0.333. The molecule has 1 heterocycles. The van der Waals surface area contributed by atoms with Gasteiger partial charge in [0.2, 0.25) is 5.88 Å². The number of hydrogen-bond donors (Lipinski definition) is 1. The number of hydrogen-bond acceptors (Lipinski definition) is 4. The Balaban J connectivity index is 2.93. The lowest BCUT2D eigenvalue weighted by atomic mass is 10.6. The van der Waals surface area contributed by atoms with E-state index in [2.05, 4.69) is 25.9 Å². The van der Waals surface area contributed by atoms with E-state index in [-0.39, 0.29) is 0 Å². The maximum absolute atomic E-state index is 5.38. The molecule has 5 heteroatoms. The number of nitrogens with zero attached hydrogens (tertiary/aromatic N) is 2. The van der Waals surface area contributed by atoms with Crippen molar-refractivity contribution in [1.82, 2.24) is 9.97 Å². The van der Waals surface area contributed by atoms with Crippen LogP contribution in [-0.2, 0) is 0 Å². The fourth-order valence-electron chi connectivity index (χ4n) is 0.599. The van der Waals surface area contributed by atoms with Crippen LogP contribution >= 0.6 is 15.9 Å². The highest BCUT2D eigenvalue weighted by Crippen LogP contribution is 2.19. The molecule has 0 aliphatic heterocycles. The van der Waals surface area contributed by atoms with Gasteiger partial charge in [-0.05, 0) is 22.9 Å². The molecule has 0 atom stereocenters. The van der Waals surface area contributed by atoms with Crippen molar-refractivity contribution in [3.8, 4) is 5.88 Å². The maximum Gasteiger partial charge on any atom is 0.249 e. The summed E-state index contributed by atoms with van der Waals surface area (Å²) < 4.78 is 5.69. The van der Waals surface area contributed by atoms with Crippen molar-refractivity contribution in [3.05, 3.63) is 10.8 Å². The van der Waals surface area contributed by atoms with Gasteiger partial charge in [-0.2, -0.15) is 4.98 Å². The first-order valence-electron chi connectivity index (χ1n) is 3.15. The molecule has 60 valence electrons. The number of anilines is 1. The Morgan fingerprint density at radius 1 is 1.73 bits per heavy atom. The molecule has 0 fully saturated rings. The highest BCUT2D eigenvalue weighted by atomic mass is 79.9. The van der Waals surface area contributed by atoms with Crippen LogP contribution in [0.25, 0.3) is 0 Å². The normalized spacial score (nSPS) is 9.64. The number of ether oxygens (including phenoxy) is 1. The Labute approximate surface area is 72.9 Å². The summed E-state index contributed by atoms with van der Waals surface area (Å²) in [6.07, 6.45) is 1.46. The third kappa shape index (κ3) is 2.04. The van der Waals surface area contributed by atoms with Gasteiger partial charge in [0.25, 0.3) is 0 Å². The minimum Gasteiger partial charge on any atom is -0.476 e. The van der Waals surface area contributed by atoms with Crippen LogP contribution in [0.4, 0.5) is 5.82 Å². The van der Waals surface area contributed by atoms with E-state index < -0.39 is 0 Å². The van der Waals surface area contributed by atoms with E-state index in [9.17, 15) is 0 Å². The van der Waals surface area contributed by atoms with Crippen molar-refractivity contribution in [1.29, 1.82) is 0 Å². The van der Waals surface area contributed by atoms with Gasteiger partial charge < -0.3 is 10.5 Å². The molecule has 11 heavy (non-hydrogen) atoms. The monoisotopic (exact) mass is 217 g/mol. The molecule has 0 unspecified atom stereocenters. The van der Waals surface area contributed by atoms with E-state index in [1.54, 1.807) is 0 Å². The lowest BCUT2D eigenvalue weighted by Crippen LogP contribution is -1.99. The van der Waals surface area contributed by atoms with E-state index in [0.717, 1.165) is 0 Å². The summed E-state index contributed by atoms with van der Waals surface area (Å²) in [5.41, 5.74) is 5.38. The smallest absolute Gasteiger partial charge is 0.249 e. The average molecular weight is 218 g/mol. The van der Waals surface area contributed by atoms with Crippen LogP contribution in [0.3, 0.4) is 0 Å². The molecule has 0 amide bonds. The molecule has 0 aliphatic carbocycles. The standard InChI is InChI=1S/C6H8BrN3O/c1-2-11-6-5(7)9-3-4(8)10-6/h3H,2H2,1H3,(H2,8,10). The zero-order chi connectivity index (χ0) is 8.27. The Kier molecular flexibility index (Phi) is 2.64. The van der Waals surface area contributed by atoms with Crippen LogP contribution < -0.4 is 10.5 Å². The second-order valence-electron chi connectivity index (χ2n) is 1.82. The molecule has 0 radical (unpaired) electrons. The van der Waals surface area contributed by atoms with Gasteiger partial charge in [-0.1, -0.05) is 0 Å². The van der Waals surface area contributed by atoms with E-state index in [1.807, 2.05) is 6.92 Å². The van der Waals surface area contributed by atoms with Crippen LogP contribution in [0.1, 0.15) is 6.92 Å². The van der Waals surface area contributed by atoms with Gasteiger partial charge in [0, 0.05) is 0 Å². The molecule has 1 aromatic heterocycles. The number of halogens is 1. The molecule has 0 spiro atoms. The zero-order valence-electron chi connectivity index (χ0n) is 6.04. The van der Waals surface area contributed by atoms with Gasteiger partial charge in [-0.15, -0.1) is 0 Å². The molecular formula is C6H8BrN3O. The van der Waals surface area contributed by atoms with Crippen molar-refractivity contribution < 1.29 is 4.74 Å². The SMILES string of the molecule is CCOc1nc(N)cnc1Br. The highest BCUT2D eigenvalue weighted by Gasteiger charge is 2.02. The minimum absolute atomic E-state index is 0.358. The molecule has 0 aliphatic rings. The lowest BCUT2D eigenvalue weighted by molar-refractivity contribution is 0.323. The average Bonchev–Trinajstić information content (AvgIpc) is 1.98. The second-order valence-corrected chi connectivity index (χ2v) is 2.57. The van der Waals surface area contributed by atoms with Crippen molar-refractivity contribution >= 4 is 21.7 Å². The third-order valence-corrected chi connectivity index (χ3v) is 1.54. The predicted molar refractivity (Wildman–Crippen MR) is 45.3 cm³/mol. The van der Waals surface area contributed by atoms with Crippen molar-refractivity contribution in [3.63, 3.8) is 0 Å². The zero-order valence-corrected chi connectivity index (χ0v) is 7.63.